The molecule has 3 aliphatic rings. The van der Waals surface area contributed by atoms with E-state index in [0.717, 1.165) is 6.42 Å². The molecule has 1 heterocycles. The standard InChI is InChI=1S/C24H20ClN3O5/c25-16-5-3-4-13(11-16)19(12-20(29)26-17-6-1-2-7-18(17)28(32)33)27-23(30)21-14-8-9-15(10-14)22(21)24(27)31/h1-9,11,14-15,19,21-22H,10,12H2,(H,26,29). The molecule has 2 aromatic rings. The van der Waals surface area contributed by atoms with Gasteiger partial charge in [-0.25, -0.2) is 0 Å². The van der Waals surface area contributed by atoms with Crippen molar-refractivity contribution in [3.63, 3.8) is 0 Å². The number of rotatable bonds is 6. The Morgan fingerprint density at radius 3 is 2.39 bits per heavy atom. The number of likely N-dealkylation sites (tertiary alicyclic amines) is 1. The van der Waals surface area contributed by atoms with Gasteiger partial charge in [0.25, 0.3) is 5.69 Å². The molecule has 33 heavy (non-hydrogen) atoms. The van der Waals surface area contributed by atoms with Crippen LogP contribution in [0.1, 0.15) is 24.4 Å². The second-order valence-electron chi connectivity index (χ2n) is 8.64. The van der Waals surface area contributed by atoms with Gasteiger partial charge in [0.2, 0.25) is 17.7 Å². The molecule has 2 fully saturated rings. The number of nitrogens with one attached hydrogen (secondary N) is 1. The van der Waals surface area contributed by atoms with Gasteiger partial charge in [0.15, 0.2) is 0 Å². The Hall–Kier alpha value is -3.52. The SMILES string of the molecule is O=C(CC(c1cccc(Cl)c1)N1C(=O)C2C3C=CC(C3)C2C1=O)Nc1ccccc1[N+](=O)[O-]. The number of fused-ring (bicyclic) bond motifs is 5. The number of carbonyl (C=O) groups excluding carboxylic acids is 3. The van der Waals surface area contributed by atoms with Gasteiger partial charge in [-0.3, -0.25) is 29.4 Å². The van der Waals surface area contributed by atoms with Gasteiger partial charge >= 0.3 is 0 Å². The van der Waals surface area contributed by atoms with Gasteiger partial charge in [0.05, 0.1) is 29.2 Å². The topological polar surface area (TPSA) is 110 Å². The highest BCUT2D eigenvalue weighted by Gasteiger charge is 2.60. The molecule has 1 saturated heterocycles. The van der Waals surface area contributed by atoms with Crippen LogP contribution in [0.4, 0.5) is 11.4 Å². The zero-order chi connectivity index (χ0) is 23.3. The summed E-state index contributed by atoms with van der Waals surface area (Å²) in [6.07, 6.45) is 4.58. The average molecular weight is 466 g/mol. The lowest BCUT2D eigenvalue weighted by atomic mass is 9.85. The molecule has 1 aliphatic heterocycles. The molecule has 5 unspecified atom stereocenters. The van der Waals surface area contributed by atoms with Gasteiger partial charge < -0.3 is 5.32 Å². The van der Waals surface area contributed by atoms with Crippen molar-refractivity contribution in [2.75, 3.05) is 5.32 Å². The van der Waals surface area contributed by atoms with E-state index in [1.807, 2.05) is 12.2 Å². The van der Waals surface area contributed by atoms with Crippen LogP contribution in [0.5, 0.6) is 0 Å². The fraction of sp³-hybridized carbons (Fsp3) is 0.292. The third kappa shape index (κ3) is 3.60. The Balaban J connectivity index is 1.45. The van der Waals surface area contributed by atoms with Crippen molar-refractivity contribution in [2.24, 2.45) is 23.7 Å². The number of imide groups is 1. The Morgan fingerprint density at radius 1 is 1.09 bits per heavy atom. The van der Waals surface area contributed by atoms with Gasteiger partial charge in [-0.15, -0.1) is 0 Å². The van der Waals surface area contributed by atoms with Crippen molar-refractivity contribution in [3.05, 3.63) is 81.4 Å². The number of nitrogens with zero attached hydrogens (tertiary/aromatic N) is 2. The maximum atomic E-state index is 13.4. The summed E-state index contributed by atoms with van der Waals surface area (Å²) in [7, 11) is 0. The van der Waals surface area contributed by atoms with E-state index in [0.29, 0.717) is 10.6 Å². The molecule has 3 amide bonds. The van der Waals surface area contributed by atoms with Crippen molar-refractivity contribution in [1.29, 1.82) is 0 Å². The number of allylic oxidation sites excluding steroid dienone is 2. The molecule has 5 atom stereocenters. The molecule has 2 aliphatic carbocycles. The summed E-state index contributed by atoms with van der Waals surface area (Å²) in [5.41, 5.74) is 0.369. The highest BCUT2D eigenvalue weighted by Crippen LogP contribution is 2.54. The highest BCUT2D eigenvalue weighted by atomic mass is 35.5. The summed E-state index contributed by atoms with van der Waals surface area (Å²) in [6.45, 7) is 0. The monoisotopic (exact) mass is 465 g/mol. The number of halogens is 1. The van der Waals surface area contributed by atoms with Crippen LogP contribution in [-0.2, 0) is 14.4 Å². The number of carbonyl (C=O) groups is 3. The van der Waals surface area contributed by atoms with Crippen molar-refractivity contribution in [2.45, 2.75) is 18.9 Å². The smallest absolute Gasteiger partial charge is 0.292 e. The second kappa shape index (κ2) is 8.12. The Kier molecular flexibility index (Phi) is 5.25. The number of benzene rings is 2. The second-order valence-corrected chi connectivity index (χ2v) is 9.08. The maximum Gasteiger partial charge on any atom is 0.292 e. The summed E-state index contributed by atoms with van der Waals surface area (Å²) >= 11 is 6.17. The average Bonchev–Trinajstić information content (AvgIpc) is 3.46. The summed E-state index contributed by atoms with van der Waals surface area (Å²) in [6, 6.07) is 11.7. The molecule has 0 spiro atoms. The van der Waals surface area contributed by atoms with Crippen LogP contribution in [0.3, 0.4) is 0 Å². The van der Waals surface area contributed by atoms with Crippen molar-refractivity contribution in [3.8, 4) is 0 Å². The van der Waals surface area contributed by atoms with Crippen molar-refractivity contribution < 1.29 is 19.3 Å². The van der Waals surface area contributed by atoms with Crippen LogP contribution in [0.2, 0.25) is 5.02 Å². The molecule has 1 saturated carbocycles. The van der Waals surface area contributed by atoms with Gasteiger partial charge in [0, 0.05) is 11.1 Å². The zero-order valence-corrected chi connectivity index (χ0v) is 18.1. The third-order valence-electron chi connectivity index (χ3n) is 6.80. The molecule has 2 aromatic carbocycles. The van der Waals surface area contributed by atoms with E-state index in [-0.39, 0.29) is 41.4 Å². The minimum atomic E-state index is -0.864. The first kappa shape index (κ1) is 21.3. The van der Waals surface area contributed by atoms with Crippen LogP contribution in [-0.4, -0.2) is 27.5 Å². The predicted molar refractivity (Wildman–Crippen MR) is 120 cm³/mol. The Morgan fingerprint density at radius 2 is 1.76 bits per heavy atom. The van der Waals surface area contributed by atoms with E-state index in [4.69, 9.17) is 11.6 Å². The number of anilines is 1. The lowest BCUT2D eigenvalue weighted by molar-refractivity contribution is -0.383. The lowest BCUT2D eigenvalue weighted by Gasteiger charge is -2.28. The van der Waals surface area contributed by atoms with Crippen molar-refractivity contribution >= 4 is 40.7 Å². The van der Waals surface area contributed by atoms with Gasteiger partial charge in [-0.2, -0.15) is 0 Å². The molecule has 168 valence electrons. The van der Waals surface area contributed by atoms with E-state index in [1.54, 1.807) is 30.3 Å². The number of para-hydroxylation sites is 2. The van der Waals surface area contributed by atoms with Gasteiger partial charge in [0.1, 0.15) is 5.69 Å². The van der Waals surface area contributed by atoms with Crippen LogP contribution in [0.25, 0.3) is 0 Å². The fourth-order valence-electron chi connectivity index (χ4n) is 5.42. The largest absolute Gasteiger partial charge is 0.320 e. The van der Waals surface area contributed by atoms with E-state index in [2.05, 4.69) is 5.32 Å². The number of nitro benzene ring substituents is 1. The molecule has 8 nitrogen and oxygen atoms in total. The predicted octanol–water partition coefficient (Wildman–Crippen LogP) is 4.13. The first-order chi connectivity index (χ1) is 15.8. The van der Waals surface area contributed by atoms with Crippen LogP contribution in [0.15, 0.2) is 60.7 Å². The molecule has 2 bridgehead atoms. The van der Waals surface area contributed by atoms with Crippen LogP contribution in [0, 0.1) is 33.8 Å². The Labute approximate surface area is 194 Å². The molecule has 0 aromatic heterocycles. The van der Waals surface area contributed by atoms with Gasteiger partial charge in [-0.1, -0.05) is 48.0 Å². The molecule has 1 N–H and O–H groups in total. The molecule has 9 heteroatoms. The van der Waals surface area contributed by atoms with E-state index < -0.39 is 28.7 Å². The quantitative estimate of drug-likeness (QED) is 0.298. The Bertz CT molecular complexity index is 1180. The minimum Gasteiger partial charge on any atom is -0.320 e. The van der Waals surface area contributed by atoms with Crippen LogP contribution >= 0.6 is 11.6 Å². The number of nitro groups is 1. The molecule has 5 rings (SSSR count). The van der Waals surface area contributed by atoms with E-state index in [9.17, 15) is 24.5 Å². The summed E-state index contributed by atoms with van der Waals surface area (Å²) in [4.78, 5) is 51.7. The van der Waals surface area contributed by atoms with Gasteiger partial charge in [-0.05, 0) is 42.0 Å². The minimum absolute atomic E-state index is 0.0438. The summed E-state index contributed by atoms with van der Waals surface area (Å²) < 4.78 is 0. The lowest BCUT2D eigenvalue weighted by Crippen LogP contribution is -2.38. The molecular weight excluding hydrogens is 446 g/mol. The van der Waals surface area contributed by atoms with E-state index >= 15 is 0 Å². The number of amides is 3. The molecule has 0 radical (unpaired) electrons. The number of hydrogen-bond donors (Lipinski definition) is 1. The van der Waals surface area contributed by atoms with Crippen LogP contribution < -0.4 is 5.32 Å². The van der Waals surface area contributed by atoms with Crippen molar-refractivity contribution in [1.82, 2.24) is 4.90 Å². The zero-order valence-electron chi connectivity index (χ0n) is 17.4. The molecular formula is C24H20ClN3O5. The highest BCUT2D eigenvalue weighted by molar-refractivity contribution is 6.30. The van der Waals surface area contributed by atoms with E-state index in [1.165, 1.54) is 23.1 Å². The summed E-state index contributed by atoms with van der Waals surface area (Å²) in [5.74, 6) is -1.80. The number of hydrogen-bond acceptors (Lipinski definition) is 5. The maximum absolute atomic E-state index is 13.4. The third-order valence-corrected chi connectivity index (χ3v) is 7.04. The summed E-state index contributed by atoms with van der Waals surface area (Å²) in [5, 5.41) is 14.3. The first-order valence-electron chi connectivity index (χ1n) is 10.7. The first-order valence-corrected chi connectivity index (χ1v) is 11.1. The normalized spacial score (nSPS) is 25.9. The fourth-order valence-corrected chi connectivity index (χ4v) is 5.62.